The lowest BCUT2D eigenvalue weighted by atomic mass is 10.2. The first kappa shape index (κ1) is 15.9. The maximum Gasteiger partial charge on any atom is 0.234 e. The van der Waals surface area contributed by atoms with Gasteiger partial charge in [-0.05, 0) is 17.5 Å². The molecule has 0 radical (unpaired) electrons. The van der Waals surface area contributed by atoms with Crippen molar-refractivity contribution >= 4 is 27.3 Å². The Labute approximate surface area is 127 Å². The smallest absolute Gasteiger partial charge is 0.234 e. The summed E-state index contributed by atoms with van der Waals surface area (Å²) in [7, 11) is 1.61. The molecule has 114 valence electrons. The van der Waals surface area contributed by atoms with Crippen LogP contribution < -0.4 is 10.6 Å². The van der Waals surface area contributed by atoms with Gasteiger partial charge in [0.2, 0.25) is 5.91 Å². The topological polar surface area (TPSA) is 70.6 Å². The van der Waals surface area contributed by atoms with Gasteiger partial charge in [-0.2, -0.15) is 0 Å². The first-order valence-corrected chi connectivity index (χ1v) is 7.65. The lowest BCUT2D eigenvalue weighted by Crippen LogP contribution is -2.37. The van der Waals surface area contributed by atoms with E-state index in [9.17, 15) is 9.90 Å². The molecule has 0 aliphatic rings. The zero-order valence-electron chi connectivity index (χ0n) is 12.0. The number of rotatable bonds is 8. The summed E-state index contributed by atoms with van der Waals surface area (Å²) >= 11 is 1.55. The fourth-order valence-electron chi connectivity index (χ4n) is 1.92. The van der Waals surface area contributed by atoms with Crippen LogP contribution in [0.3, 0.4) is 0 Å². The summed E-state index contributed by atoms with van der Waals surface area (Å²) in [4.78, 5) is 12.5. The fourth-order valence-corrected chi connectivity index (χ4v) is 2.97. The lowest BCUT2D eigenvalue weighted by Gasteiger charge is -2.10. The summed E-state index contributed by atoms with van der Waals surface area (Å²) in [6, 6.07) is 9.95. The number of fused-ring (bicyclic) bond motifs is 1. The third-order valence-electron chi connectivity index (χ3n) is 3.03. The second-order valence-electron chi connectivity index (χ2n) is 4.68. The van der Waals surface area contributed by atoms with E-state index in [1.54, 1.807) is 18.4 Å². The van der Waals surface area contributed by atoms with Crippen LogP contribution >= 0.6 is 11.3 Å². The lowest BCUT2D eigenvalue weighted by molar-refractivity contribution is -0.120. The third kappa shape index (κ3) is 4.78. The predicted octanol–water partition coefficient (Wildman–Crippen LogP) is 1.29. The van der Waals surface area contributed by atoms with Crippen LogP contribution in [0.25, 0.3) is 10.1 Å². The summed E-state index contributed by atoms with van der Waals surface area (Å²) in [5.41, 5.74) is 0. The van der Waals surface area contributed by atoms with Gasteiger partial charge in [0, 0.05) is 29.8 Å². The molecule has 0 fully saturated rings. The normalized spacial score (nSPS) is 12.5. The van der Waals surface area contributed by atoms with Crippen LogP contribution in [0.4, 0.5) is 0 Å². The summed E-state index contributed by atoms with van der Waals surface area (Å²) in [6.07, 6.45) is -0.676. The molecular weight excluding hydrogens is 288 g/mol. The minimum atomic E-state index is -0.676. The van der Waals surface area contributed by atoms with Crippen LogP contribution in [0.15, 0.2) is 30.3 Å². The molecule has 0 saturated carbocycles. The van der Waals surface area contributed by atoms with Crippen LogP contribution in [0.5, 0.6) is 0 Å². The maximum atomic E-state index is 11.6. The van der Waals surface area contributed by atoms with Gasteiger partial charge in [-0.25, -0.2) is 0 Å². The molecule has 0 aliphatic carbocycles. The van der Waals surface area contributed by atoms with Crippen molar-refractivity contribution in [1.29, 1.82) is 0 Å². The summed E-state index contributed by atoms with van der Waals surface area (Å²) in [5.74, 6) is -0.133. The number of nitrogens with one attached hydrogen (secondary N) is 2. The van der Waals surface area contributed by atoms with Crippen LogP contribution in [0, 0.1) is 0 Å². The largest absolute Gasteiger partial charge is 0.386 e. The Kier molecular flexibility index (Phi) is 6.13. The van der Waals surface area contributed by atoms with Gasteiger partial charge >= 0.3 is 0 Å². The summed E-state index contributed by atoms with van der Waals surface area (Å²) in [5, 5.41) is 16.9. The standard InChI is InChI=1S/C15H20N2O3S/c1-20-7-6-16-10-15(19)17-9-12(18)14-8-11-4-2-3-5-13(11)21-14/h2-5,8,12,16,18H,6-7,9-10H2,1H3,(H,17,19). The molecule has 2 rings (SSSR count). The maximum absolute atomic E-state index is 11.6. The Hall–Kier alpha value is -1.47. The van der Waals surface area contributed by atoms with Crippen LogP contribution in [0.1, 0.15) is 11.0 Å². The minimum absolute atomic E-state index is 0.133. The molecule has 1 unspecified atom stereocenters. The van der Waals surface area contributed by atoms with Gasteiger partial charge in [0.15, 0.2) is 0 Å². The monoisotopic (exact) mass is 308 g/mol. The highest BCUT2D eigenvalue weighted by molar-refractivity contribution is 7.19. The van der Waals surface area contributed by atoms with Gasteiger partial charge in [0.05, 0.1) is 13.2 Å². The van der Waals surface area contributed by atoms with Gasteiger partial charge in [0.25, 0.3) is 0 Å². The third-order valence-corrected chi connectivity index (χ3v) is 4.25. The van der Waals surface area contributed by atoms with E-state index in [0.717, 1.165) is 15.0 Å². The van der Waals surface area contributed by atoms with Crippen molar-refractivity contribution in [2.75, 3.05) is 33.4 Å². The Morgan fingerprint density at radius 1 is 1.43 bits per heavy atom. The molecule has 0 bridgehead atoms. The molecule has 0 aliphatic heterocycles. The molecule has 21 heavy (non-hydrogen) atoms. The molecule has 3 N–H and O–H groups in total. The molecule has 1 heterocycles. The Balaban J connectivity index is 1.78. The average molecular weight is 308 g/mol. The van der Waals surface area contributed by atoms with E-state index in [-0.39, 0.29) is 19.0 Å². The van der Waals surface area contributed by atoms with Crippen molar-refractivity contribution in [3.05, 3.63) is 35.2 Å². The van der Waals surface area contributed by atoms with Gasteiger partial charge in [-0.3, -0.25) is 4.79 Å². The molecular formula is C15H20N2O3S. The number of aliphatic hydroxyl groups excluding tert-OH is 1. The van der Waals surface area contributed by atoms with Gasteiger partial charge in [0.1, 0.15) is 6.10 Å². The number of ether oxygens (including phenoxy) is 1. The number of carbonyl (C=O) groups excluding carboxylic acids is 1. The van der Waals surface area contributed by atoms with E-state index < -0.39 is 6.10 Å². The predicted molar refractivity (Wildman–Crippen MR) is 84.5 cm³/mol. The summed E-state index contributed by atoms with van der Waals surface area (Å²) < 4.78 is 6.01. The molecule has 1 aromatic carbocycles. The molecule has 1 aromatic heterocycles. The van der Waals surface area contributed by atoms with E-state index in [4.69, 9.17) is 4.74 Å². The minimum Gasteiger partial charge on any atom is -0.386 e. The van der Waals surface area contributed by atoms with Gasteiger partial charge < -0.3 is 20.5 Å². The number of hydrogen-bond donors (Lipinski definition) is 3. The molecule has 0 saturated heterocycles. The van der Waals surface area contributed by atoms with Crippen LogP contribution in [-0.2, 0) is 9.53 Å². The van der Waals surface area contributed by atoms with Crippen molar-refractivity contribution in [3.8, 4) is 0 Å². The Bertz CT molecular complexity index is 552. The van der Waals surface area contributed by atoms with Crippen molar-refractivity contribution in [2.45, 2.75) is 6.10 Å². The molecule has 1 atom stereocenters. The first-order valence-electron chi connectivity index (χ1n) is 6.83. The molecule has 5 nitrogen and oxygen atoms in total. The second-order valence-corrected chi connectivity index (χ2v) is 5.79. The van der Waals surface area contributed by atoms with Gasteiger partial charge in [-0.15, -0.1) is 11.3 Å². The van der Waals surface area contributed by atoms with Crippen molar-refractivity contribution in [2.24, 2.45) is 0 Å². The van der Waals surface area contributed by atoms with Crippen molar-refractivity contribution in [1.82, 2.24) is 10.6 Å². The Morgan fingerprint density at radius 3 is 3.00 bits per heavy atom. The highest BCUT2D eigenvalue weighted by Crippen LogP contribution is 2.29. The SMILES string of the molecule is COCCNCC(=O)NCC(O)c1cc2ccccc2s1. The number of carbonyl (C=O) groups is 1. The molecule has 6 heteroatoms. The first-order chi connectivity index (χ1) is 10.2. The zero-order valence-corrected chi connectivity index (χ0v) is 12.8. The molecule has 2 aromatic rings. The number of benzene rings is 1. The van der Waals surface area contributed by atoms with Crippen molar-refractivity contribution < 1.29 is 14.6 Å². The fraction of sp³-hybridized carbons (Fsp3) is 0.400. The van der Waals surface area contributed by atoms with E-state index in [1.165, 1.54) is 0 Å². The highest BCUT2D eigenvalue weighted by Gasteiger charge is 2.12. The number of amides is 1. The van der Waals surface area contributed by atoms with E-state index in [1.807, 2.05) is 30.3 Å². The zero-order chi connectivity index (χ0) is 15.1. The van der Waals surface area contributed by atoms with Crippen LogP contribution in [0.2, 0.25) is 0 Å². The number of methoxy groups -OCH3 is 1. The van der Waals surface area contributed by atoms with E-state index in [2.05, 4.69) is 10.6 Å². The van der Waals surface area contributed by atoms with Crippen LogP contribution in [-0.4, -0.2) is 44.4 Å². The quantitative estimate of drug-likeness (QED) is 0.643. The second kappa shape index (κ2) is 8.09. The number of hydrogen-bond acceptors (Lipinski definition) is 5. The molecule has 1 amide bonds. The van der Waals surface area contributed by atoms with Gasteiger partial charge in [-0.1, -0.05) is 18.2 Å². The van der Waals surface area contributed by atoms with E-state index in [0.29, 0.717) is 13.2 Å². The van der Waals surface area contributed by atoms with E-state index >= 15 is 0 Å². The summed E-state index contributed by atoms with van der Waals surface area (Å²) in [6.45, 7) is 1.64. The molecule has 0 spiro atoms. The number of thiophene rings is 1. The average Bonchev–Trinajstić information content (AvgIpc) is 2.93. The highest BCUT2D eigenvalue weighted by atomic mass is 32.1. The number of aliphatic hydroxyl groups is 1. The Morgan fingerprint density at radius 2 is 2.24 bits per heavy atom. The van der Waals surface area contributed by atoms with Crippen molar-refractivity contribution in [3.63, 3.8) is 0 Å².